The quantitative estimate of drug-likeness (QED) is 0.575. The monoisotopic (exact) mass is 307 g/mol. The Bertz CT molecular complexity index is 467. The van der Waals surface area contributed by atoms with Crippen LogP contribution in [0.1, 0.15) is 6.42 Å². The van der Waals surface area contributed by atoms with Gasteiger partial charge < -0.3 is 10.6 Å². The van der Waals surface area contributed by atoms with Crippen molar-refractivity contribution in [3.8, 4) is 0 Å². The summed E-state index contributed by atoms with van der Waals surface area (Å²) in [4.78, 5) is 26.1. The highest BCUT2D eigenvalue weighted by Crippen LogP contribution is 2.17. The van der Waals surface area contributed by atoms with E-state index >= 15 is 0 Å². The molecule has 6 heteroatoms. The van der Waals surface area contributed by atoms with Crippen LogP contribution in [0.15, 0.2) is 35.2 Å². The molecule has 0 bridgehead atoms. The van der Waals surface area contributed by atoms with Crippen LogP contribution >= 0.6 is 11.8 Å². The second kappa shape index (κ2) is 8.69. The van der Waals surface area contributed by atoms with Crippen molar-refractivity contribution >= 4 is 23.6 Å². The topological polar surface area (TPSA) is 61.4 Å². The highest BCUT2D eigenvalue weighted by Gasteiger charge is 2.17. The van der Waals surface area contributed by atoms with E-state index in [1.165, 1.54) is 4.90 Å². The van der Waals surface area contributed by atoms with E-state index in [0.717, 1.165) is 18.7 Å². The van der Waals surface area contributed by atoms with E-state index in [9.17, 15) is 9.59 Å². The second-order valence-electron chi connectivity index (χ2n) is 4.93. The van der Waals surface area contributed by atoms with Gasteiger partial charge in [-0.2, -0.15) is 0 Å². The predicted octanol–water partition coefficient (Wildman–Crippen LogP) is 0.717. The molecule has 1 heterocycles. The Labute approximate surface area is 129 Å². The van der Waals surface area contributed by atoms with Crippen molar-refractivity contribution in [1.29, 1.82) is 0 Å². The Morgan fingerprint density at radius 2 is 2.14 bits per heavy atom. The number of benzene rings is 1. The molecular formula is C15H21N3O2S. The average Bonchev–Trinajstić information content (AvgIpc) is 2.48. The molecule has 2 rings (SSSR count). The van der Waals surface area contributed by atoms with Gasteiger partial charge in [0.2, 0.25) is 11.8 Å². The van der Waals surface area contributed by atoms with E-state index < -0.39 is 0 Å². The minimum absolute atomic E-state index is 0.00517. The molecule has 0 aromatic heterocycles. The van der Waals surface area contributed by atoms with Gasteiger partial charge in [0.05, 0.1) is 13.1 Å². The summed E-state index contributed by atoms with van der Waals surface area (Å²) in [5.41, 5.74) is 0. The number of piperazine rings is 1. The van der Waals surface area contributed by atoms with Gasteiger partial charge in [0.25, 0.3) is 0 Å². The predicted molar refractivity (Wildman–Crippen MR) is 84.2 cm³/mol. The molecule has 1 saturated heterocycles. The molecule has 2 N–H and O–H groups in total. The summed E-state index contributed by atoms with van der Waals surface area (Å²) >= 11 is 1.79. The third kappa shape index (κ3) is 6.18. The van der Waals surface area contributed by atoms with Crippen LogP contribution in [0, 0.1) is 0 Å². The first-order valence-corrected chi connectivity index (χ1v) is 8.16. The SMILES string of the molecule is O=C(CN1CCNC(=O)C1)NCCCSc1ccccc1. The molecule has 0 atom stereocenters. The van der Waals surface area contributed by atoms with Crippen LogP contribution in [0.5, 0.6) is 0 Å². The number of hydrogen-bond acceptors (Lipinski definition) is 4. The highest BCUT2D eigenvalue weighted by molar-refractivity contribution is 7.99. The fourth-order valence-electron chi connectivity index (χ4n) is 2.09. The second-order valence-corrected chi connectivity index (χ2v) is 6.09. The number of carbonyl (C=O) groups is 2. The van der Waals surface area contributed by atoms with Gasteiger partial charge >= 0.3 is 0 Å². The summed E-state index contributed by atoms with van der Waals surface area (Å²) in [5, 5.41) is 5.65. The van der Waals surface area contributed by atoms with Gasteiger partial charge in [-0.15, -0.1) is 11.8 Å². The molecule has 2 amide bonds. The average molecular weight is 307 g/mol. The molecule has 0 unspecified atom stereocenters. The lowest BCUT2D eigenvalue weighted by Crippen LogP contribution is -2.50. The van der Waals surface area contributed by atoms with Crippen LogP contribution in [0.2, 0.25) is 0 Å². The number of rotatable bonds is 7. The molecule has 114 valence electrons. The summed E-state index contributed by atoms with van der Waals surface area (Å²) in [6.45, 7) is 2.66. The van der Waals surface area contributed by atoms with Crippen LogP contribution in [-0.4, -0.2) is 55.2 Å². The molecule has 21 heavy (non-hydrogen) atoms. The lowest BCUT2D eigenvalue weighted by Gasteiger charge is -2.25. The van der Waals surface area contributed by atoms with Crippen LogP contribution in [-0.2, 0) is 9.59 Å². The van der Waals surface area contributed by atoms with Crippen LogP contribution in [0.25, 0.3) is 0 Å². The van der Waals surface area contributed by atoms with Crippen molar-refractivity contribution in [3.63, 3.8) is 0 Å². The summed E-state index contributed by atoms with van der Waals surface area (Å²) in [5.74, 6) is 0.971. The first-order chi connectivity index (χ1) is 10.2. The van der Waals surface area contributed by atoms with E-state index in [1.54, 1.807) is 11.8 Å². The molecular weight excluding hydrogens is 286 g/mol. The van der Waals surface area contributed by atoms with Crippen molar-refractivity contribution in [1.82, 2.24) is 15.5 Å². The Balaban J connectivity index is 1.54. The molecule has 1 aromatic rings. The maximum Gasteiger partial charge on any atom is 0.234 e. The number of thioether (sulfide) groups is 1. The summed E-state index contributed by atoms with van der Waals surface area (Å²) < 4.78 is 0. The van der Waals surface area contributed by atoms with Gasteiger partial charge in [0.1, 0.15) is 0 Å². The largest absolute Gasteiger partial charge is 0.355 e. The first-order valence-electron chi connectivity index (χ1n) is 7.17. The van der Waals surface area contributed by atoms with Crippen molar-refractivity contribution in [2.24, 2.45) is 0 Å². The molecule has 5 nitrogen and oxygen atoms in total. The van der Waals surface area contributed by atoms with Crippen molar-refractivity contribution in [2.75, 3.05) is 38.5 Å². The Hall–Kier alpha value is -1.53. The van der Waals surface area contributed by atoms with Crippen LogP contribution < -0.4 is 10.6 Å². The van der Waals surface area contributed by atoms with E-state index in [1.807, 2.05) is 23.1 Å². The number of nitrogens with one attached hydrogen (secondary N) is 2. The fourth-order valence-corrected chi connectivity index (χ4v) is 2.97. The minimum atomic E-state index is -0.00619. The molecule has 0 aliphatic carbocycles. The van der Waals surface area contributed by atoms with Crippen molar-refractivity contribution in [2.45, 2.75) is 11.3 Å². The van der Waals surface area contributed by atoms with E-state index in [0.29, 0.717) is 26.2 Å². The van der Waals surface area contributed by atoms with E-state index in [2.05, 4.69) is 22.8 Å². The molecule has 0 radical (unpaired) electrons. The summed E-state index contributed by atoms with van der Waals surface area (Å²) in [6, 6.07) is 10.2. The van der Waals surface area contributed by atoms with Gasteiger partial charge in [0.15, 0.2) is 0 Å². The molecule has 1 fully saturated rings. The number of amides is 2. The zero-order valence-corrected chi connectivity index (χ0v) is 12.8. The highest BCUT2D eigenvalue weighted by atomic mass is 32.2. The smallest absolute Gasteiger partial charge is 0.234 e. The number of hydrogen-bond donors (Lipinski definition) is 2. The normalized spacial score (nSPS) is 15.5. The third-order valence-electron chi connectivity index (χ3n) is 3.14. The molecule has 1 aliphatic rings. The molecule has 0 saturated carbocycles. The minimum Gasteiger partial charge on any atom is -0.355 e. The standard InChI is InChI=1S/C15H21N3O2S/c19-14(11-18-9-8-17-15(20)12-18)16-7-4-10-21-13-5-2-1-3-6-13/h1-3,5-6H,4,7-12H2,(H,16,19)(H,17,20). The first kappa shape index (κ1) is 15.9. The van der Waals surface area contributed by atoms with Crippen molar-refractivity contribution < 1.29 is 9.59 Å². The van der Waals surface area contributed by atoms with Gasteiger partial charge in [-0.1, -0.05) is 18.2 Å². The molecule has 1 aromatic carbocycles. The Morgan fingerprint density at radius 1 is 1.33 bits per heavy atom. The third-order valence-corrected chi connectivity index (χ3v) is 4.24. The van der Waals surface area contributed by atoms with E-state index in [4.69, 9.17) is 0 Å². The lowest BCUT2D eigenvalue weighted by atomic mass is 10.3. The Kier molecular flexibility index (Phi) is 6.56. The van der Waals surface area contributed by atoms with E-state index in [-0.39, 0.29) is 11.8 Å². The Morgan fingerprint density at radius 3 is 2.90 bits per heavy atom. The number of nitrogens with zero attached hydrogens (tertiary/aromatic N) is 1. The number of carbonyl (C=O) groups excluding carboxylic acids is 2. The summed E-state index contributed by atoms with van der Waals surface area (Å²) in [7, 11) is 0. The fraction of sp³-hybridized carbons (Fsp3) is 0.467. The molecule has 1 aliphatic heterocycles. The molecule has 0 spiro atoms. The van der Waals surface area contributed by atoms with Crippen LogP contribution in [0.4, 0.5) is 0 Å². The van der Waals surface area contributed by atoms with Gasteiger partial charge in [0, 0.05) is 24.5 Å². The zero-order chi connectivity index (χ0) is 14.9. The zero-order valence-electron chi connectivity index (χ0n) is 12.0. The van der Waals surface area contributed by atoms with Crippen LogP contribution in [0.3, 0.4) is 0 Å². The maximum absolute atomic E-state index is 11.8. The van der Waals surface area contributed by atoms with Gasteiger partial charge in [-0.05, 0) is 24.3 Å². The van der Waals surface area contributed by atoms with Crippen molar-refractivity contribution in [3.05, 3.63) is 30.3 Å². The lowest BCUT2D eigenvalue weighted by molar-refractivity contribution is -0.126. The summed E-state index contributed by atoms with van der Waals surface area (Å²) in [6.07, 6.45) is 0.936. The van der Waals surface area contributed by atoms with Gasteiger partial charge in [-0.25, -0.2) is 0 Å². The maximum atomic E-state index is 11.8. The van der Waals surface area contributed by atoms with Gasteiger partial charge in [-0.3, -0.25) is 14.5 Å².